The number of alkyl halides is 1. The number of carbonyl (C=O) groups is 1. The van der Waals surface area contributed by atoms with Crippen LogP contribution in [0.4, 0.5) is 0 Å². The molecule has 1 saturated heterocycles. The van der Waals surface area contributed by atoms with Crippen molar-refractivity contribution in [3.8, 4) is 0 Å². The van der Waals surface area contributed by atoms with E-state index in [-0.39, 0.29) is 18.1 Å². The largest absolute Gasteiger partial charge is 0.375 e. The van der Waals surface area contributed by atoms with Gasteiger partial charge in [-0.2, -0.15) is 0 Å². The first-order valence-corrected chi connectivity index (χ1v) is 5.24. The number of rotatable bonds is 1. The first-order chi connectivity index (χ1) is 5.65. The zero-order valence-electron chi connectivity index (χ0n) is 7.42. The maximum atomic E-state index is 11.3. The second kappa shape index (κ2) is 4.23. The number of halogens is 1. The van der Waals surface area contributed by atoms with Gasteiger partial charge in [-0.25, -0.2) is 0 Å². The zero-order valence-corrected chi connectivity index (χ0v) is 9.00. The summed E-state index contributed by atoms with van der Waals surface area (Å²) in [6.07, 6.45) is 0.171. The molecule has 2 atom stereocenters. The van der Waals surface area contributed by atoms with Gasteiger partial charge in [0.15, 0.2) is 0 Å². The maximum absolute atomic E-state index is 11.3. The van der Waals surface area contributed by atoms with Gasteiger partial charge in [-0.15, -0.1) is 0 Å². The number of nitrogens with zero attached hydrogens (tertiary/aromatic N) is 1. The molecule has 1 aliphatic heterocycles. The third-order valence-corrected chi connectivity index (χ3v) is 2.52. The Morgan fingerprint density at radius 2 is 2.33 bits per heavy atom. The molecule has 1 rings (SSSR count). The highest BCUT2D eigenvalue weighted by molar-refractivity contribution is 9.09. The third kappa shape index (κ3) is 2.20. The van der Waals surface area contributed by atoms with E-state index in [1.165, 1.54) is 0 Å². The number of ether oxygens (including phenoxy) is 1. The van der Waals surface area contributed by atoms with Crippen LogP contribution in [0.1, 0.15) is 13.8 Å². The van der Waals surface area contributed by atoms with Crippen LogP contribution < -0.4 is 0 Å². The molecule has 0 aromatic rings. The number of hydrogen-bond donors (Lipinski definition) is 0. The molecular formula is C8H14BrNO2. The quantitative estimate of drug-likeness (QED) is 0.636. The number of hydrogen-bond acceptors (Lipinski definition) is 2. The van der Waals surface area contributed by atoms with Gasteiger partial charge in [0.05, 0.1) is 24.1 Å². The van der Waals surface area contributed by atoms with Crippen molar-refractivity contribution in [3.63, 3.8) is 0 Å². The van der Waals surface area contributed by atoms with Gasteiger partial charge in [0.2, 0.25) is 5.91 Å². The summed E-state index contributed by atoms with van der Waals surface area (Å²) in [5.74, 6) is 0.151. The molecule has 1 fully saturated rings. The standard InChI is InChI=1S/C8H14BrNO2/c1-6-5-12-7(2)4-10(6)8(11)3-9/h6-7H,3-5H2,1-2H3. The second-order valence-electron chi connectivity index (χ2n) is 3.17. The molecule has 1 heterocycles. The monoisotopic (exact) mass is 235 g/mol. The molecule has 1 aliphatic rings. The summed E-state index contributed by atoms with van der Waals surface area (Å²) < 4.78 is 5.41. The van der Waals surface area contributed by atoms with Crippen LogP contribution in [0.15, 0.2) is 0 Å². The first kappa shape index (κ1) is 9.99. The predicted molar refractivity (Wildman–Crippen MR) is 50.4 cm³/mol. The summed E-state index contributed by atoms with van der Waals surface area (Å²) in [4.78, 5) is 13.2. The number of amides is 1. The molecule has 0 saturated carbocycles. The van der Waals surface area contributed by atoms with E-state index in [0.29, 0.717) is 18.5 Å². The SMILES string of the molecule is CC1CN(C(=O)CBr)C(C)CO1. The Balaban J connectivity index is 2.54. The Labute approximate surface area is 81.2 Å². The van der Waals surface area contributed by atoms with E-state index < -0.39 is 0 Å². The van der Waals surface area contributed by atoms with Crippen molar-refractivity contribution >= 4 is 21.8 Å². The fourth-order valence-electron chi connectivity index (χ4n) is 1.33. The molecule has 0 bridgehead atoms. The van der Waals surface area contributed by atoms with Crippen molar-refractivity contribution in [2.24, 2.45) is 0 Å². The van der Waals surface area contributed by atoms with Gasteiger partial charge >= 0.3 is 0 Å². The molecule has 3 nitrogen and oxygen atoms in total. The number of morpholine rings is 1. The lowest BCUT2D eigenvalue weighted by Gasteiger charge is -2.36. The molecule has 0 aromatic carbocycles. The second-order valence-corrected chi connectivity index (χ2v) is 3.73. The van der Waals surface area contributed by atoms with Gasteiger partial charge in [0.1, 0.15) is 0 Å². The Hall–Kier alpha value is -0.0900. The highest BCUT2D eigenvalue weighted by atomic mass is 79.9. The Bertz CT molecular complexity index is 174. The summed E-state index contributed by atoms with van der Waals surface area (Å²) in [5.41, 5.74) is 0. The van der Waals surface area contributed by atoms with E-state index in [1.54, 1.807) is 0 Å². The Kier molecular flexibility index (Phi) is 3.53. The van der Waals surface area contributed by atoms with Crippen molar-refractivity contribution in [1.29, 1.82) is 0 Å². The van der Waals surface area contributed by atoms with Crippen molar-refractivity contribution in [1.82, 2.24) is 4.90 Å². The molecule has 0 N–H and O–H groups in total. The highest BCUT2D eigenvalue weighted by Crippen LogP contribution is 2.11. The summed E-state index contributed by atoms with van der Waals surface area (Å²) in [6.45, 7) is 5.36. The van der Waals surface area contributed by atoms with Crippen LogP contribution in [0, 0.1) is 0 Å². The van der Waals surface area contributed by atoms with E-state index in [9.17, 15) is 4.79 Å². The lowest BCUT2D eigenvalue weighted by Crippen LogP contribution is -2.50. The van der Waals surface area contributed by atoms with Crippen LogP contribution in [0.2, 0.25) is 0 Å². The molecule has 0 aromatic heterocycles. The van der Waals surface area contributed by atoms with Crippen LogP contribution in [0.5, 0.6) is 0 Å². The van der Waals surface area contributed by atoms with E-state index >= 15 is 0 Å². The molecule has 70 valence electrons. The van der Waals surface area contributed by atoms with Gasteiger partial charge < -0.3 is 9.64 Å². The molecule has 1 amide bonds. The van der Waals surface area contributed by atoms with Crippen LogP contribution in [-0.4, -0.2) is 41.4 Å². The zero-order chi connectivity index (χ0) is 9.14. The fourth-order valence-corrected chi connectivity index (χ4v) is 1.65. The van der Waals surface area contributed by atoms with E-state index in [4.69, 9.17) is 4.74 Å². The van der Waals surface area contributed by atoms with Crippen LogP contribution in [0.25, 0.3) is 0 Å². The summed E-state index contributed by atoms with van der Waals surface area (Å²) in [6, 6.07) is 0.214. The lowest BCUT2D eigenvalue weighted by atomic mass is 10.2. The third-order valence-electron chi connectivity index (χ3n) is 2.04. The van der Waals surface area contributed by atoms with Crippen LogP contribution >= 0.6 is 15.9 Å². The predicted octanol–water partition coefficient (Wildman–Crippen LogP) is 1.02. The summed E-state index contributed by atoms with van der Waals surface area (Å²) in [5, 5.41) is 0.407. The fraction of sp³-hybridized carbons (Fsp3) is 0.875. The Morgan fingerprint density at radius 1 is 1.67 bits per heavy atom. The average molecular weight is 236 g/mol. The molecule has 4 heteroatoms. The minimum absolute atomic E-state index is 0.151. The van der Waals surface area contributed by atoms with Gasteiger partial charge in [0.25, 0.3) is 0 Å². The van der Waals surface area contributed by atoms with Crippen LogP contribution in [0.3, 0.4) is 0 Å². The van der Waals surface area contributed by atoms with Gasteiger partial charge in [-0.3, -0.25) is 4.79 Å². The average Bonchev–Trinajstić information content (AvgIpc) is 2.08. The lowest BCUT2D eigenvalue weighted by molar-refractivity contribution is -0.140. The highest BCUT2D eigenvalue weighted by Gasteiger charge is 2.26. The number of carbonyl (C=O) groups excluding carboxylic acids is 1. The van der Waals surface area contributed by atoms with Crippen molar-refractivity contribution < 1.29 is 9.53 Å². The smallest absolute Gasteiger partial charge is 0.233 e. The summed E-state index contributed by atoms with van der Waals surface area (Å²) in [7, 11) is 0. The van der Waals surface area contributed by atoms with Gasteiger partial charge in [0, 0.05) is 6.54 Å². The first-order valence-electron chi connectivity index (χ1n) is 4.12. The van der Waals surface area contributed by atoms with E-state index in [2.05, 4.69) is 15.9 Å². The van der Waals surface area contributed by atoms with Crippen molar-refractivity contribution in [2.75, 3.05) is 18.5 Å². The minimum Gasteiger partial charge on any atom is -0.375 e. The van der Waals surface area contributed by atoms with Crippen molar-refractivity contribution in [2.45, 2.75) is 26.0 Å². The van der Waals surface area contributed by atoms with Crippen LogP contribution in [-0.2, 0) is 9.53 Å². The van der Waals surface area contributed by atoms with Crippen molar-refractivity contribution in [3.05, 3.63) is 0 Å². The minimum atomic E-state index is 0.151. The summed E-state index contributed by atoms with van der Waals surface area (Å²) >= 11 is 3.17. The molecular weight excluding hydrogens is 222 g/mol. The molecule has 0 radical (unpaired) electrons. The van der Waals surface area contributed by atoms with Gasteiger partial charge in [-0.05, 0) is 13.8 Å². The van der Waals surface area contributed by atoms with E-state index in [1.807, 2.05) is 18.7 Å². The molecule has 0 aliphatic carbocycles. The normalized spacial score (nSPS) is 30.4. The molecule has 0 spiro atoms. The van der Waals surface area contributed by atoms with Gasteiger partial charge in [-0.1, -0.05) is 15.9 Å². The Morgan fingerprint density at radius 3 is 2.92 bits per heavy atom. The topological polar surface area (TPSA) is 29.5 Å². The maximum Gasteiger partial charge on any atom is 0.233 e. The van der Waals surface area contributed by atoms with E-state index in [0.717, 1.165) is 0 Å². The molecule has 2 unspecified atom stereocenters. The molecule has 12 heavy (non-hydrogen) atoms.